The van der Waals surface area contributed by atoms with E-state index in [1.165, 1.54) is 0 Å². The molecule has 2 N–H and O–H groups in total. The first-order chi connectivity index (χ1) is 6.46. The van der Waals surface area contributed by atoms with Crippen molar-refractivity contribution in [2.75, 3.05) is 0 Å². The Kier molecular flexibility index (Phi) is 3.98. The van der Waals surface area contributed by atoms with E-state index in [-0.39, 0.29) is 15.1 Å². The summed E-state index contributed by atoms with van der Waals surface area (Å²) in [5.74, 6) is 0.905. The maximum atomic E-state index is 11.0. The maximum absolute atomic E-state index is 11.0. The second-order valence-corrected chi connectivity index (χ2v) is 7.07. The van der Waals surface area contributed by atoms with Crippen LogP contribution >= 0.6 is 30.3 Å². The molecular weight excluding hydrogens is 239 g/mol. The molecule has 0 saturated heterocycles. The number of rotatable bonds is 4. The van der Waals surface area contributed by atoms with Crippen molar-refractivity contribution in [2.24, 2.45) is 0 Å². The van der Waals surface area contributed by atoms with Gasteiger partial charge in [0.15, 0.2) is 9.48 Å². The molecule has 1 rings (SSSR count). The molecule has 1 unspecified atom stereocenters. The van der Waals surface area contributed by atoms with Gasteiger partial charge in [0, 0.05) is 6.07 Å². The largest absolute Gasteiger partial charge is 0.372 e. The molecule has 0 radical (unpaired) electrons. The number of hydrogen-bond acceptors (Lipinski definition) is 2. The van der Waals surface area contributed by atoms with Gasteiger partial charge in [0.25, 0.3) is 0 Å². The third kappa shape index (κ3) is 2.72. The molecule has 0 saturated carbocycles. The summed E-state index contributed by atoms with van der Waals surface area (Å²) >= 11 is 4.78. The van der Waals surface area contributed by atoms with Crippen LogP contribution in [0.3, 0.4) is 0 Å². The fraction of sp³-hybridized carbons (Fsp3) is 0.375. The third-order valence-electron chi connectivity index (χ3n) is 1.67. The molecule has 0 bridgehead atoms. The molecule has 1 atom stereocenters. The van der Waals surface area contributed by atoms with Gasteiger partial charge in [-0.1, -0.05) is 19.1 Å². The van der Waals surface area contributed by atoms with E-state index in [0.29, 0.717) is 4.88 Å². The lowest BCUT2D eigenvalue weighted by Gasteiger charge is -2.01. The quantitative estimate of drug-likeness (QED) is 0.491. The first-order valence-electron chi connectivity index (χ1n) is 4.15. The van der Waals surface area contributed by atoms with Crippen molar-refractivity contribution < 1.29 is 14.4 Å². The van der Waals surface area contributed by atoms with Gasteiger partial charge in [0.05, 0.1) is 0 Å². The Bertz CT molecular complexity index is 380. The van der Waals surface area contributed by atoms with Gasteiger partial charge < -0.3 is 9.79 Å². The zero-order chi connectivity index (χ0) is 10.8. The average molecular weight is 251 g/mol. The van der Waals surface area contributed by atoms with Crippen molar-refractivity contribution in [1.82, 2.24) is 0 Å². The molecule has 0 aliphatic carbocycles. The fourth-order valence-corrected chi connectivity index (χ4v) is 4.25. The highest BCUT2D eigenvalue weighted by Crippen LogP contribution is 2.44. The molecule has 0 aliphatic heterocycles. The number of thiocarbonyl (C=S) groups is 1. The van der Waals surface area contributed by atoms with E-state index in [1.807, 2.05) is 18.4 Å². The van der Waals surface area contributed by atoms with Crippen LogP contribution in [0.4, 0.5) is 0 Å². The lowest BCUT2D eigenvalue weighted by atomic mass is 10.5. The van der Waals surface area contributed by atoms with E-state index in [1.54, 1.807) is 6.07 Å². The summed E-state index contributed by atoms with van der Waals surface area (Å²) < 4.78 is 10.8. The van der Waals surface area contributed by atoms with Crippen molar-refractivity contribution >= 4 is 34.9 Å². The summed E-state index contributed by atoms with van der Waals surface area (Å²) in [6.45, 7) is 2.04. The SMILES string of the molecule is CCC[s+]1cccc1C(=S)P(=O)(O)O. The van der Waals surface area contributed by atoms with Gasteiger partial charge in [0.2, 0.25) is 0 Å². The van der Waals surface area contributed by atoms with E-state index in [4.69, 9.17) is 22.0 Å². The Balaban J connectivity index is 3.01. The first-order valence-corrected chi connectivity index (χ1v) is 7.63. The van der Waals surface area contributed by atoms with Crippen LogP contribution in [0.2, 0.25) is 0 Å². The molecule has 0 fully saturated rings. The third-order valence-corrected chi connectivity index (χ3v) is 5.90. The van der Waals surface area contributed by atoms with Crippen LogP contribution in [0.25, 0.3) is 0 Å². The van der Waals surface area contributed by atoms with Crippen molar-refractivity contribution in [3.63, 3.8) is 0 Å². The van der Waals surface area contributed by atoms with Gasteiger partial charge in [0.1, 0.15) is 11.1 Å². The Hall–Kier alpha value is -0.0600. The van der Waals surface area contributed by atoms with Crippen molar-refractivity contribution in [3.05, 3.63) is 22.4 Å². The van der Waals surface area contributed by atoms with Crippen LogP contribution in [0.15, 0.2) is 17.5 Å². The molecule has 0 amide bonds. The average Bonchev–Trinajstić information content (AvgIpc) is 2.50. The van der Waals surface area contributed by atoms with E-state index >= 15 is 0 Å². The van der Waals surface area contributed by atoms with E-state index in [9.17, 15) is 4.57 Å². The van der Waals surface area contributed by atoms with E-state index in [0.717, 1.165) is 12.2 Å². The maximum Gasteiger partial charge on any atom is 0.372 e. The van der Waals surface area contributed by atoms with Crippen molar-refractivity contribution in [1.29, 1.82) is 0 Å². The van der Waals surface area contributed by atoms with Crippen LogP contribution in [0.5, 0.6) is 0 Å². The van der Waals surface area contributed by atoms with Crippen molar-refractivity contribution in [2.45, 2.75) is 19.1 Å². The summed E-state index contributed by atoms with van der Waals surface area (Å²) in [6.07, 6.45) is 0.981. The molecule has 1 aromatic heterocycles. The monoisotopic (exact) mass is 251 g/mol. The smallest absolute Gasteiger partial charge is 0.320 e. The molecule has 6 heteroatoms. The zero-order valence-corrected chi connectivity index (χ0v) is 10.2. The summed E-state index contributed by atoms with van der Waals surface area (Å²) in [7, 11) is -4.43. The first kappa shape index (κ1) is 12.0. The molecular formula is C8H12O3PS2+. The summed E-state index contributed by atoms with van der Waals surface area (Å²) in [4.78, 5) is 18.5. The highest BCUT2D eigenvalue weighted by atomic mass is 32.2. The lowest BCUT2D eigenvalue weighted by molar-refractivity contribution is 0.392. The van der Waals surface area contributed by atoms with Gasteiger partial charge in [-0.25, -0.2) is 0 Å². The second kappa shape index (κ2) is 4.64. The number of hydrogen-bond donors (Lipinski definition) is 2. The lowest BCUT2D eigenvalue weighted by Crippen LogP contribution is -1.96. The molecule has 0 spiro atoms. The Labute approximate surface area is 90.9 Å². The Morgan fingerprint density at radius 3 is 2.79 bits per heavy atom. The van der Waals surface area contributed by atoms with E-state index in [2.05, 4.69) is 0 Å². The zero-order valence-electron chi connectivity index (χ0n) is 7.71. The Morgan fingerprint density at radius 2 is 2.29 bits per heavy atom. The molecule has 0 aliphatic rings. The molecule has 3 nitrogen and oxygen atoms in total. The minimum absolute atomic E-state index is 0.195. The minimum Gasteiger partial charge on any atom is -0.320 e. The molecule has 1 heterocycles. The predicted molar refractivity (Wildman–Crippen MR) is 63.0 cm³/mol. The fourth-order valence-electron chi connectivity index (χ4n) is 1.11. The van der Waals surface area contributed by atoms with E-state index < -0.39 is 7.60 Å². The van der Waals surface area contributed by atoms with Crippen LogP contribution in [0, 0.1) is 0 Å². The molecule has 1 aromatic rings. The van der Waals surface area contributed by atoms with Gasteiger partial charge in [-0.2, -0.15) is 0 Å². The topological polar surface area (TPSA) is 57.5 Å². The highest BCUT2D eigenvalue weighted by molar-refractivity contribution is 7.98. The Morgan fingerprint density at radius 1 is 1.64 bits per heavy atom. The normalized spacial score (nSPS) is 12.9. The standard InChI is InChI=1S/C8H11O3PS2/c1-2-5-14-6-3-4-7(14)8(13)12(9,10)11/h3-4,6H,2,5H2,1H3,(H-,9,10,11)/p+1. The van der Waals surface area contributed by atoms with Crippen LogP contribution in [0.1, 0.15) is 18.2 Å². The van der Waals surface area contributed by atoms with Gasteiger partial charge >= 0.3 is 7.60 Å². The predicted octanol–water partition coefficient (Wildman–Crippen LogP) is 2.70. The van der Waals surface area contributed by atoms with Gasteiger partial charge in [-0.05, 0) is 23.0 Å². The summed E-state index contributed by atoms with van der Waals surface area (Å²) in [5, 5.41) is 1.96. The minimum atomic E-state index is -4.24. The molecule has 78 valence electrons. The van der Waals surface area contributed by atoms with Crippen LogP contribution < -0.4 is 0 Å². The summed E-state index contributed by atoms with van der Waals surface area (Å²) in [6, 6.07) is 3.52. The summed E-state index contributed by atoms with van der Waals surface area (Å²) in [5.41, 5.74) is 0. The number of thiophene rings is 1. The number of aryl methyl sites for hydroxylation is 1. The molecule has 0 aromatic carbocycles. The second-order valence-electron chi connectivity index (χ2n) is 2.84. The van der Waals surface area contributed by atoms with Crippen LogP contribution in [-0.4, -0.2) is 14.4 Å². The van der Waals surface area contributed by atoms with Crippen LogP contribution in [-0.2, 0) is 10.3 Å². The van der Waals surface area contributed by atoms with Crippen molar-refractivity contribution in [3.8, 4) is 0 Å². The van der Waals surface area contributed by atoms with Gasteiger partial charge in [-0.3, -0.25) is 4.57 Å². The van der Waals surface area contributed by atoms with Gasteiger partial charge in [-0.15, -0.1) is 0 Å². The molecule has 14 heavy (non-hydrogen) atoms. The highest BCUT2D eigenvalue weighted by Gasteiger charge is 2.30.